The van der Waals surface area contributed by atoms with Crippen molar-refractivity contribution in [3.05, 3.63) is 42.0 Å². The number of carboxylic acid groups (broad SMARTS) is 1. The van der Waals surface area contributed by atoms with E-state index in [1.165, 1.54) is 12.1 Å². The first-order chi connectivity index (χ1) is 8.93. The number of anilines is 1. The van der Waals surface area contributed by atoms with Crippen LogP contribution in [0.25, 0.3) is 0 Å². The fraction of sp³-hybridized carbons (Fsp3) is 0.286. The quantitative estimate of drug-likeness (QED) is 0.802. The Hall–Kier alpha value is -2.30. The van der Waals surface area contributed by atoms with Gasteiger partial charge in [0.05, 0.1) is 5.56 Å². The molecular formula is C14H18N2O3. The number of likely N-dealkylation sites (N-methyl/N-ethyl adjacent to an activating group) is 1. The van der Waals surface area contributed by atoms with Crippen LogP contribution < -0.4 is 5.32 Å². The van der Waals surface area contributed by atoms with Gasteiger partial charge in [-0.1, -0.05) is 12.2 Å². The predicted molar refractivity (Wildman–Crippen MR) is 74.5 cm³/mol. The van der Waals surface area contributed by atoms with Gasteiger partial charge in [0.25, 0.3) is 0 Å². The highest BCUT2D eigenvalue weighted by Crippen LogP contribution is 2.11. The Morgan fingerprint density at radius 1 is 1.32 bits per heavy atom. The Balaban J connectivity index is 2.70. The summed E-state index contributed by atoms with van der Waals surface area (Å²) in [4.78, 5) is 24.3. The third-order valence-corrected chi connectivity index (χ3v) is 2.51. The first-order valence-corrected chi connectivity index (χ1v) is 5.97. The lowest BCUT2D eigenvalue weighted by atomic mass is 10.2. The Morgan fingerprint density at radius 3 is 2.32 bits per heavy atom. The molecular weight excluding hydrogens is 244 g/mol. The Bertz CT molecular complexity index is 480. The van der Waals surface area contributed by atoms with Gasteiger partial charge >= 0.3 is 12.0 Å². The number of aromatic carboxylic acids is 1. The molecule has 2 N–H and O–H groups in total. The molecule has 0 aromatic heterocycles. The maximum Gasteiger partial charge on any atom is 0.335 e. The van der Waals surface area contributed by atoms with Gasteiger partial charge in [0.1, 0.15) is 0 Å². The van der Waals surface area contributed by atoms with Crippen molar-refractivity contribution >= 4 is 17.7 Å². The second kappa shape index (κ2) is 6.58. The molecule has 0 aliphatic rings. The van der Waals surface area contributed by atoms with Crippen LogP contribution in [0.2, 0.25) is 0 Å². The number of hydrogen-bond acceptors (Lipinski definition) is 2. The van der Waals surface area contributed by atoms with Gasteiger partial charge in [0.15, 0.2) is 0 Å². The lowest BCUT2D eigenvalue weighted by Crippen LogP contribution is -2.35. The SMILES string of the molecule is C=C(C)CN(CC)C(=O)Nc1ccc(C(=O)O)cc1. The molecule has 0 aliphatic carbocycles. The minimum Gasteiger partial charge on any atom is -0.478 e. The summed E-state index contributed by atoms with van der Waals surface area (Å²) in [6.07, 6.45) is 0. The number of amides is 2. The molecule has 5 heteroatoms. The highest BCUT2D eigenvalue weighted by Gasteiger charge is 2.11. The van der Waals surface area contributed by atoms with Crippen LogP contribution in [0, 0.1) is 0 Å². The van der Waals surface area contributed by atoms with E-state index >= 15 is 0 Å². The second-order valence-corrected chi connectivity index (χ2v) is 4.28. The number of rotatable bonds is 5. The summed E-state index contributed by atoms with van der Waals surface area (Å²) >= 11 is 0. The fourth-order valence-electron chi connectivity index (χ4n) is 1.55. The molecule has 0 saturated carbocycles. The molecule has 5 nitrogen and oxygen atoms in total. The van der Waals surface area contributed by atoms with Gasteiger partial charge in [-0.2, -0.15) is 0 Å². The number of nitrogens with one attached hydrogen (secondary N) is 1. The summed E-state index contributed by atoms with van der Waals surface area (Å²) in [5.41, 5.74) is 1.65. The van der Waals surface area contributed by atoms with E-state index in [9.17, 15) is 9.59 Å². The molecule has 0 saturated heterocycles. The van der Waals surface area contributed by atoms with Crippen LogP contribution in [0.4, 0.5) is 10.5 Å². The molecule has 1 aromatic rings. The minimum absolute atomic E-state index is 0.187. The molecule has 0 radical (unpaired) electrons. The van der Waals surface area contributed by atoms with Crippen molar-refractivity contribution in [2.45, 2.75) is 13.8 Å². The van der Waals surface area contributed by atoms with Crippen LogP contribution in [-0.2, 0) is 0 Å². The van der Waals surface area contributed by atoms with Gasteiger partial charge in [-0.05, 0) is 38.1 Å². The number of carbonyl (C=O) groups is 2. The molecule has 0 aliphatic heterocycles. The fourth-order valence-corrected chi connectivity index (χ4v) is 1.55. The first kappa shape index (κ1) is 14.8. The second-order valence-electron chi connectivity index (χ2n) is 4.28. The zero-order valence-corrected chi connectivity index (χ0v) is 11.1. The maximum atomic E-state index is 12.0. The van der Waals surface area contributed by atoms with Crippen LogP contribution >= 0.6 is 0 Å². The summed E-state index contributed by atoms with van der Waals surface area (Å²) in [5, 5.41) is 11.5. The third-order valence-electron chi connectivity index (χ3n) is 2.51. The van der Waals surface area contributed by atoms with E-state index in [0.717, 1.165) is 5.57 Å². The lowest BCUT2D eigenvalue weighted by molar-refractivity contribution is 0.0697. The van der Waals surface area contributed by atoms with Crippen LogP contribution in [0.3, 0.4) is 0 Å². The third kappa shape index (κ3) is 4.46. The van der Waals surface area contributed by atoms with Crippen molar-refractivity contribution < 1.29 is 14.7 Å². The first-order valence-electron chi connectivity index (χ1n) is 5.97. The van der Waals surface area contributed by atoms with Gasteiger partial charge in [-0.3, -0.25) is 0 Å². The summed E-state index contributed by atoms with van der Waals surface area (Å²) in [7, 11) is 0. The molecule has 19 heavy (non-hydrogen) atoms. The normalized spacial score (nSPS) is 9.79. The minimum atomic E-state index is -0.990. The van der Waals surface area contributed by atoms with Gasteiger partial charge in [-0.15, -0.1) is 0 Å². The lowest BCUT2D eigenvalue weighted by Gasteiger charge is -2.21. The van der Waals surface area contributed by atoms with Crippen molar-refractivity contribution in [1.82, 2.24) is 4.90 Å². The molecule has 0 unspecified atom stereocenters. The summed E-state index contributed by atoms with van der Waals surface area (Å²) in [5.74, 6) is -0.990. The molecule has 2 amide bonds. The van der Waals surface area contributed by atoms with E-state index in [4.69, 9.17) is 5.11 Å². The van der Waals surface area contributed by atoms with Gasteiger partial charge in [0.2, 0.25) is 0 Å². The van der Waals surface area contributed by atoms with Gasteiger partial charge < -0.3 is 15.3 Å². The maximum absolute atomic E-state index is 12.0. The summed E-state index contributed by atoms with van der Waals surface area (Å²) in [6, 6.07) is 5.81. The monoisotopic (exact) mass is 262 g/mol. The van der Waals surface area contributed by atoms with Crippen molar-refractivity contribution in [1.29, 1.82) is 0 Å². The average Bonchev–Trinajstić information content (AvgIpc) is 2.36. The largest absolute Gasteiger partial charge is 0.478 e. The van der Waals surface area contributed by atoms with E-state index in [1.54, 1.807) is 17.0 Å². The van der Waals surface area contributed by atoms with Gasteiger partial charge in [-0.25, -0.2) is 9.59 Å². The van der Waals surface area contributed by atoms with Crippen LogP contribution in [-0.4, -0.2) is 35.1 Å². The molecule has 0 bridgehead atoms. The molecule has 0 spiro atoms. The van der Waals surface area contributed by atoms with Crippen LogP contribution in [0.15, 0.2) is 36.4 Å². The Kier molecular flexibility index (Phi) is 5.11. The topological polar surface area (TPSA) is 69.6 Å². The zero-order chi connectivity index (χ0) is 14.4. The van der Waals surface area contributed by atoms with Crippen molar-refractivity contribution in [3.8, 4) is 0 Å². The summed E-state index contributed by atoms with van der Waals surface area (Å²) < 4.78 is 0. The molecule has 1 aromatic carbocycles. The Morgan fingerprint density at radius 2 is 1.89 bits per heavy atom. The van der Waals surface area contributed by atoms with E-state index in [2.05, 4.69) is 11.9 Å². The highest BCUT2D eigenvalue weighted by atomic mass is 16.4. The van der Waals surface area contributed by atoms with E-state index in [-0.39, 0.29) is 11.6 Å². The van der Waals surface area contributed by atoms with E-state index < -0.39 is 5.97 Å². The number of urea groups is 1. The predicted octanol–water partition coefficient (Wildman–Crippen LogP) is 2.81. The zero-order valence-electron chi connectivity index (χ0n) is 11.1. The Labute approximate surface area is 112 Å². The molecule has 1 rings (SSSR count). The number of hydrogen-bond donors (Lipinski definition) is 2. The molecule has 0 fully saturated rings. The highest BCUT2D eigenvalue weighted by molar-refractivity contribution is 5.91. The van der Waals surface area contributed by atoms with Crippen LogP contribution in [0.1, 0.15) is 24.2 Å². The molecule has 102 valence electrons. The van der Waals surface area contributed by atoms with Crippen molar-refractivity contribution in [3.63, 3.8) is 0 Å². The van der Waals surface area contributed by atoms with E-state index in [1.807, 2.05) is 13.8 Å². The number of nitrogens with zero attached hydrogens (tertiary/aromatic N) is 1. The molecule has 0 heterocycles. The van der Waals surface area contributed by atoms with Crippen molar-refractivity contribution in [2.75, 3.05) is 18.4 Å². The number of carbonyl (C=O) groups excluding carboxylic acids is 1. The standard InChI is InChI=1S/C14H18N2O3/c1-4-16(9-10(2)3)14(19)15-12-7-5-11(6-8-12)13(17)18/h5-8H,2,4,9H2,1,3H3,(H,15,19)(H,17,18). The van der Waals surface area contributed by atoms with Crippen molar-refractivity contribution in [2.24, 2.45) is 0 Å². The number of carboxylic acids is 1. The number of benzene rings is 1. The smallest absolute Gasteiger partial charge is 0.335 e. The average molecular weight is 262 g/mol. The summed E-state index contributed by atoms with van der Waals surface area (Å²) in [6.45, 7) is 8.59. The molecule has 0 atom stereocenters. The van der Waals surface area contributed by atoms with Gasteiger partial charge in [0, 0.05) is 18.8 Å². The van der Waals surface area contributed by atoms with E-state index in [0.29, 0.717) is 18.8 Å². The van der Waals surface area contributed by atoms with Crippen LogP contribution in [0.5, 0.6) is 0 Å².